The van der Waals surface area contributed by atoms with Gasteiger partial charge in [-0.3, -0.25) is 23.9 Å². The quantitative estimate of drug-likeness (QED) is 0.155. The first-order valence-corrected chi connectivity index (χ1v) is 21.8. The monoisotopic (exact) mass is 867 g/mol. The van der Waals surface area contributed by atoms with Crippen LogP contribution in [-0.2, 0) is 33.9 Å². The highest BCUT2D eigenvalue weighted by atomic mass is 32.2. The normalized spacial score (nSPS) is 29.1. The molecule has 1 saturated heterocycles. The number of aromatic nitrogens is 1. The minimum absolute atomic E-state index is 0.0113. The first kappa shape index (κ1) is 45.2. The van der Waals surface area contributed by atoms with Gasteiger partial charge in [0, 0.05) is 24.4 Å². The Kier molecular flexibility index (Phi) is 12.7. The van der Waals surface area contributed by atoms with E-state index in [9.17, 15) is 50.3 Å². The highest BCUT2D eigenvalue weighted by Gasteiger charge is 2.63. The second kappa shape index (κ2) is 16.9. The van der Waals surface area contributed by atoms with Crippen molar-refractivity contribution < 1.29 is 64.5 Å². The Hall–Kier alpha value is -4.32. The minimum Gasteiger partial charge on any atom is -0.494 e. The van der Waals surface area contributed by atoms with Crippen molar-refractivity contribution in [2.24, 2.45) is 29.1 Å². The number of carbonyl (C=O) groups excluding carboxylic acids is 4. The number of fused-ring (bicyclic) bond motifs is 3. The number of ketones is 1. The second-order valence-electron chi connectivity index (χ2n) is 17.5. The number of benzene rings is 1. The van der Waals surface area contributed by atoms with E-state index in [1.807, 2.05) is 19.9 Å². The van der Waals surface area contributed by atoms with Gasteiger partial charge >= 0.3 is 12.1 Å². The third-order valence-electron chi connectivity index (χ3n) is 12.9. The van der Waals surface area contributed by atoms with Gasteiger partial charge in [-0.2, -0.15) is 13.2 Å². The summed E-state index contributed by atoms with van der Waals surface area (Å²) < 4.78 is 100.0. The molecule has 330 valence electrons. The number of carbonyl (C=O) groups is 4. The van der Waals surface area contributed by atoms with E-state index < -0.39 is 111 Å². The fourth-order valence-electron chi connectivity index (χ4n) is 8.65. The van der Waals surface area contributed by atoms with Crippen LogP contribution in [0, 0.1) is 34.9 Å². The minimum atomic E-state index is -4.90. The van der Waals surface area contributed by atoms with Crippen molar-refractivity contribution in [2.45, 2.75) is 121 Å². The number of amides is 2. The molecule has 4 aliphatic rings. The lowest BCUT2D eigenvalue weighted by molar-refractivity contribution is -0.257. The van der Waals surface area contributed by atoms with Gasteiger partial charge in [0.15, 0.2) is 17.3 Å². The summed E-state index contributed by atoms with van der Waals surface area (Å²) in [4.78, 5) is 62.6. The number of sulfonamides is 1. The molecule has 0 bridgehead atoms. The van der Waals surface area contributed by atoms with Gasteiger partial charge in [-0.15, -0.1) is 0 Å². The lowest BCUT2D eigenvalue weighted by Crippen LogP contribution is -2.49. The van der Waals surface area contributed by atoms with Crippen LogP contribution in [0.2, 0.25) is 0 Å². The number of aliphatic hydroxyl groups excluding tert-OH is 1. The number of allylic oxidation sites excluding steroid dienone is 2. The standard InChI is InChI=1S/C42H53F4N3O10S/c1-6-25-15-24(2)9-7-8-10-27-20-41(27,38(54)48-60(55,56)40(23-50)12-13-40)21-33(51)32-17-28(58-36-29-18-31(43)34(57-5)16-26(29)11-14-47-36)22-49(32)37(53)30(25)19-35(52)59-39(3,4)42(44,45)46/h8,10-11,14,16,18,24-25,27-28,30,32,50H,6-7,9,12-13,15,17,19-23H2,1-5H3,(H,48,54)/b10-8-/t24-,25+,27+,28+,30-,32-,41+/m0/s1. The number of pyridine rings is 1. The molecule has 2 aliphatic carbocycles. The van der Waals surface area contributed by atoms with Crippen LogP contribution in [0.4, 0.5) is 17.6 Å². The van der Waals surface area contributed by atoms with Crippen LogP contribution in [0.5, 0.6) is 11.6 Å². The summed E-state index contributed by atoms with van der Waals surface area (Å²) in [7, 11) is -3.01. The highest BCUT2D eigenvalue weighted by Crippen LogP contribution is 2.58. The van der Waals surface area contributed by atoms with Crippen LogP contribution >= 0.6 is 0 Å². The topological polar surface area (TPSA) is 178 Å². The van der Waals surface area contributed by atoms with E-state index in [4.69, 9.17) is 14.2 Å². The predicted octanol–water partition coefficient (Wildman–Crippen LogP) is 5.96. The maximum Gasteiger partial charge on any atom is 0.427 e. The zero-order valence-electron chi connectivity index (χ0n) is 34.3. The number of hydrogen-bond donors (Lipinski definition) is 2. The molecule has 3 heterocycles. The Morgan fingerprint density at radius 2 is 1.85 bits per heavy atom. The molecular weight excluding hydrogens is 815 g/mol. The SMILES string of the molecule is CC[C@@H]1C[C@@H](C)CC/C=C\[C@@H]2C[C@@]2(C(=O)NS(=O)(=O)C2(CO)CC2)CC(=O)[C@@H]2C[C@@H](Oc3nccc4cc(OC)c(F)cc34)CN2C(=O)[C@H]1CC(=O)OC(C)(C)C(F)(F)F. The van der Waals surface area contributed by atoms with Crippen LogP contribution in [0.25, 0.3) is 10.8 Å². The van der Waals surface area contributed by atoms with Gasteiger partial charge in [-0.1, -0.05) is 32.4 Å². The third-order valence-corrected chi connectivity index (χ3v) is 15.0. The second-order valence-corrected chi connectivity index (χ2v) is 19.6. The molecule has 2 N–H and O–H groups in total. The number of aliphatic hydroxyl groups is 1. The Morgan fingerprint density at radius 1 is 1.13 bits per heavy atom. The number of alkyl halides is 3. The van der Waals surface area contributed by atoms with Crippen LogP contribution in [0.1, 0.15) is 91.9 Å². The summed E-state index contributed by atoms with van der Waals surface area (Å²) in [5, 5.41) is 10.6. The molecule has 2 amide bonds. The van der Waals surface area contributed by atoms with E-state index in [1.54, 1.807) is 12.1 Å². The van der Waals surface area contributed by atoms with Gasteiger partial charge in [0.1, 0.15) is 10.9 Å². The van der Waals surface area contributed by atoms with Crippen LogP contribution < -0.4 is 14.2 Å². The van der Waals surface area contributed by atoms with E-state index in [1.165, 1.54) is 30.3 Å². The fraction of sp³-hybridized carbons (Fsp3) is 0.643. The lowest BCUT2D eigenvalue weighted by atomic mass is 9.79. The van der Waals surface area contributed by atoms with Gasteiger partial charge in [-0.25, -0.2) is 17.8 Å². The zero-order valence-corrected chi connectivity index (χ0v) is 35.2. The number of Topliss-reactive ketones (excluding diaryl/α,β-unsaturated/α-hetero) is 1. The summed E-state index contributed by atoms with van der Waals surface area (Å²) in [6, 6.07) is 2.97. The summed E-state index contributed by atoms with van der Waals surface area (Å²) in [5.74, 6) is -6.45. The van der Waals surface area contributed by atoms with Gasteiger partial charge < -0.3 is 24.2 Å². The van der Waals surface area contributed by atoms with Crippen LogP contribution in [0.3, 0.4) is 0 Å². The predicted molar refractivity (Wildman–Crippen MR) is 209 cm³/mol. The molecule has 2 aromatic rings. The number of nitrogens with one attached hydrogen (secondary N) is 1. The average molecular weight is 868 g/mol. The van der Waals surface area contributed by atoms with E-state index in [2.05, 4.69) is 9.71 Å². The summed E-state index contributed by atoms with van der Waals surface area (Å²) in [5.41, 5.74) is -4.36. The molecule has 7 atom stereocenters. The highest BCUT2D eigenvalue weighted by molar-refractivity contribution is 7.91. The Labute approximate surface area is 346 Å². The number of nitrogens with zero attached hydrogens (tertiary/aromatic N) is 2. The van der Waals surface area contributed by atoms with Crippen LogP contribution in [0.15, 0.2) is 36.5 Å². The summed E-state index contributed by atoms with van der Waals surface area (Å²) in [6.07, 6.45) is 0.305. The van der Waals surface area contributed by atoms with Gasteiger partial charge in [0.2, 0.25) is 33.3 Å². The van der Waals surface area contributed by atoms with E-state index in [0.717, 1.165) is 0 Å². The summed E-state index contributed by atoms with van der Waals surface area (Å²) >= 11 is 0. The van der Waals surface area contributed by atoms with Crippen molar-refractivity contribution in [1.29, 1.82) is 0 Å². The van der Waals surface area contributed by atoms with Gasteiger partial charge in [-0.05, 0) is 93.7 Å². The van der Waals surface area contributed by atoms with Crippen molar-refractivity contribution in [1.82, 2.24) is 14.6 Å². The first-order chi connectivity index (χ1) is 28.1. The fourth-order valence-corrected chi connectivity index (χ4v) is 10.1. The zero-order chi connectivity index (χ0) is 44.0. The Morgan fingerprint density at radius 3 is 2.48 bits per heavy atom. The Balaban J connectivity index is 1.38. The summed E-state index contributed by atoms with van der Waals surface area (Å²) in [6.45, 7) is 4.27. The van der Waals surface area contributed by atoms with E-state index in [0.29, 0.717) is 44.9 Å². The molecule has 60 heavy (non-hydrogen) atoms. The third kappa shape index (κ3) is 9.00. The van der Waals surface area contributed by atoms with Crippen molar-refractivity contribution in [3.63, 3.8) is 0 Å². The van der Waals surface area contributed by atoms with E-state index in [-0.39, 0.29) is 55.2 Å². The molecule has 2 aliphatic heterocycles. The van der Waals surface area contributed by atoms with Gasteiger partial charge in [0.05, 0.1) is 44.1 Å². The van der Waals surface area contributed by atoms with Crippen molar-refractivity contribution in [2.75, 3.05) is 20.3 Å². The van der Waals surface area contributed by atoms with Crippen molar-refractivity contribution >= 4 is 44.4 Å². The van der Waals surface area contributed by atoms with Crippen LogP contribution in [-0.4, -0.2) is 95.9 Å². The molecular formula is C42H53F4N3O10S. The van der Waals surface area contributed by atoms with E-state index >= 15 is 0 Å². The number of halogens is 4. The number of ether oxygens (including phenoxy) is 3. The number of rotatable bonds is 11. The molecule has 3 fully saturated rings. The van der Waals surface area contributed by atoms with Gasteiger partial charge in [0.25, 0.3) is 0 Å². The maximum atomic E-state index is 15.0. The van der Waals surface area contributed by atoms with Crippen molar-refractivity contribution in [3.05, 3.63) is 42.4 Å². The lowest BCUT2D eigenvalue weighted by Gasteiger charge is -2.34. The Bertz CT molecular complexity index is 2140. The molecule has 0 unspecified atom stereocenters. The first-order valence-electron chi connectivity index (χ1n) is 20.4. The number of hydrogen-bond acceptors (Lipinski definition) is 11. The molecule has 18 heteroatoms. The smallest absolute Gasteiger partial charge is 0.427 e. The molecule has 0 spiro atoms. The maximum absolute atomic E-state index is 15.0. The van der Waals surface area contributed by atoms with Crippen molar-refractivity contribution in [3.8, 4) is 11.6 Å². The largest absolute Gasteiger partial charge is 0.494 e. The molecule has 1 aromatic heterocycles. The number of methoxy groups -OCH3 is 1. The number of esters is 1. The molecule has 0 radical (unpaired) electrons. The molecule has 1 aromatic carbocycles. The average Bonchev–Trinajstić information content (AvgIpc) is 4.08. The molecule has 2 saturated carbocycles. The molecule has 13 nitrogen and oxygen atoms in total. The molecule has 6 rings (SSSR count).